The Bertz CT molecular complexity index is 966. The Morgan fingerprint density at radius 3 is 0.784 bits per heavy atom. The molecule has 0 bridgehead atoms. The van der Waals surface area contributed by atoms with Gasteiger partial charge in [-0.05, 0) is 74.1 Å². The van der Waals surface area contributed by atoms with Crippen LogP contribution in [0, 0.1) is 0 Å². The van der Waals surface area contributed by atoms with E-state index in [-0.39, 0.29) is 36.3 Å². The van der Waals surface area contributed by atoms with Crippen LogP contribution in [0.1, 0.15) is 51.4 Å². The second-order valence-electron chi connectivity index (χ2n) is 9.96. The van der Waals surface area contributed by atoms with E-state index in [9.17, 15) is 0 Å². The van der Waals surface area contributed by atoms with Crippen LogP contribution in [-0.4, -0.2) is 11.3 Å². The molecule has 0 atom stereocenters. The third-order valence-electron chi connectivity index (χ3n) is 7.52. The van der Waals surface area contributed by atoms with E-state index in [2.05, 4.69) is 121 Å². The van der Waals surface area contributed by atoms with Crippen molar-refractivity contribution in [3.8, 4) is 0 Å². The molecule has 0 N–H and O–H groups in total. The normalized spacial score (nSPS) is 15.8. The second-order valence-corrected chi connectivity index (χ2v) is 15.0. The van der Waals surface area contributed by atoms with Crippen LogP contribution in [0.4, 0.5) is 0 Å². The average molecular weight is 615 g/mol. The Hall–Kier alpha value is -1.60. The molecule has 4 aromatic carbocycles. The van der Waals surface area contributed by atoms with Crippen LogP contribution in [0.25, 0.3) is 0 Å². The summed E-state index contributed by atoms with van der Waals surface area (Å²) in [7, 11) is -0.304. The Kier molecular flexibility index (Phi) is 11.6. The number of hydrogen-bond donors (Lipinski definition) is 0. The molecule has 0 aromatic heterocycles. The van der Waals surface area contributed by atoms with Gasteiger partial charge in [0.05, 0.1) is 0 Å². The van der Waals surface area contributed by atoms with Gasteiger partial charge in [0, 0.05) is 0 Å². The molecule has 2 aliphatic rings. The van der Waals surface area contributed by atoms with Crippen molar-refractivity contribution in [2.24, 2.45) is 0 Å². The topological polar surface area (TPSA) is 0 Å². The third-order valence-corrected chi connectivity index (χ3v) is 13.4. The van der Waals surface area contributed by atoms with Crippen molar-refractivity contribution >= 4 is 37.1 Å². The molecule has 4 aromatic rings. The summed E-state index contributed by atoms with van der Waals surface area (Å²) in [6.45, 7) is 0. The summed E-state index contributed by atoms with van der Waals surface area (Å²) in [5.74, 6) is 0. The number of rotatable bonds is 6. The fraction of sp³-hybridized carbons (Fsp3) is 0.294. The quantitative estimate of drug-likeness (QED) is 0.152. The van der Waals surface area contributed by atoms with Crippen LogP contribution in [0.3, 0.4) is 0 Å². The first kappa shape index (κ1) is 28.4. The Balaban J connectivity index is 0.000000168. The third kappa shape index (κ3) is 7.72. The van der Waals surface area contributed by atoms with Crippen molar-refractivity contribution in [3.63, 3.8) is 0 Å². The fourth-order valence-electron chi connectivity index (χ4n) is 5.82. The van der Waals surface area contributed by atoms with Crippen molar-refractivity contribution in [2.75, 3.05) is 0 Å². The van der Waals surface area contributed by atoms with E-state index in [4.69, 9.17) is 0 Å². The summed E-state index contributed by atoms with van der Waals surface area (Å²) in [6.07, 6.45) is 11.3. The van der Waals surface area contributed by atoms with Crippen LogP contribution in [0.15, 0.2) is 121 Å². The second kappa shape index (κ2) is 15.1. The van der Waals surface area contributed by atoms with Crippen LogP contribution in [-0.2, 0) is 20.4 Å². The van der Waals surface area contributed by atoms with Crippen LogP contribution < -0.4 is 21.2 Å². The Labute approximate surface area is 240 Å². The van der Waals surface area contributed by atoms with Crippen LogP contribution in [0.2, 0.25) is 0 Å². The predicted octanol–water partition coefficient (Wildman–Crippen LogP) is 8.12. The van der Waals surface area contributed by atoms with Crippen molar-refractivity contribution in [2.45, 2.75) is 62.7 Å². The minimum Gasteiger partial charge on any atom is -0.0622 e. The number of benzene rings is 4. The molecule has 0 aliphatic heterocycles. The summed E-state index contributed by atoms with van der Waals surface area (Å²) in [4.78, 5) is 0. The Morgan fingerprint density at radius 2 is 0.568 bits per heavy atom. The van der Waals surface area contributed by atoms with E-state index in [1.165, 1.54) is 51.4 Å². The van der Waals surface area contributed by atoms with Crippen molar-refractivity contribution in [1.82, 2.24) is 0 Å². The van der Waals surface area contributed by atoms with Gasteiger partial charge in [0.25, 0.3) is 0 Å². The molecule has 37 heavy (non-hydrogen) atoms. The molecular weight excluding hydrogens is 577 g/mol. The molecule has 0 nitrogen and oxygen atoms in total. The average Bonchev–Trinajstić information content (AvgIpc) is 3.68. The van der Waals surface area contributed by atoms with Gasteiger partial charge in [-0.3, -0.25) is 0 Å². The molecule has 6 rings (SSSR count). The predicted molar refractivity (Wildman–Crippen MR) is 163 cm³/mol. The SMILES string of the molecule is [Pd+2].c1ccc(P(c2ccccc2)C2CCCC2)cc1.c1ccc(P(c2ccccc2)C2CCCC2)cc1. The maximum Gasteiger partial charge on any atom is 2.00 e. The summed E-state index contributed by atoms with van der Waals surface area (Å²) < 4.78 is 0. The maximum atomic E-state index is 2.32. The number of hydrogen-bond acceptors (Lipinski definition) is 0. The van der Waals surface area contributed by atoms with Crippen LogP contribution in [0.5, 0.6) is 0 Å². The van der Waals surface area contributed by atoms with Gasteiger partial charge in [-0.15, -0.1) is 0 Å². The van der Waals surface area contributed by atoms with E-state index < -0.39 is 0 Å². The zero-order valence-electron chi connectivity index (χ0n) is 21.6. The zero-order chi connectivity index (χ0) is 24.4. The Morgan fingerprint density at radius 1 is 0.351 bits per heavy atom. The van der Waals surface area contributed by atoms with Crippen molar-refractivity contribution in [3.05, 3.63) is 121 Å². The molecule has 0 amide bonds. The van der Waals surface area contributed by atoms with Gasteiger partial charge < -0.3 is 0 Å². The molecular formula is C34H38P2Pd+2. The van der Waals surface area contributed by atoms with E-state index in [1.54, 1.807) is 21.2 Å². The van der Waals surface area contributed by atoms with E-state index >= 15 is 0 Å². The fourth-order valence-corrected chi connectivity index (χ4v) is 11.8. The van der Waals surface area contributed by atoms with Gasteiger partial charge in [-0.2, -0.15) is 0 Å². The molecule has 3 heteroatoms. The summed E-state index contributed by atoms with van der Waals surface area (Å²) in [5, 5.41) is 6.19. The smallest absolute Gasteiger partial charge is 0.0622 e. The van der Waals surface area contributed by atoms with E-state index in [1.807, 2.05) is 0 Å². The monoisotopic (exact) mass is 614 g/mol. The molecule has 0 heterocycles. The maximum absolute atomic E-state index is 2.32. The summed E-state index contributed by atoms with van der Waals surface area (Å²) >= 11 is 0. The van der Waals surface area contributed by atoms with E-state index in [0.717, 1.165) is 11.3 Å². The molecule has 0 spiro atoms. The largest absolute Gasteiger partial charge is 2.00 e. The molecule has 0 unspecified atom stereocenters. The molecule has 2 aliphatic carbocycles. The van der Waals surface area contributed by atoms with Gasteiger partial charge in [0.1, 0.15) is 0 Å². The molecule has 2 saturated carbocycles. The van der Waals surface area contributed by atoms with Crippen molar-refractivity contribution in [1.29, 1.82) is 0 Å². The van der Waals surface area contributed by atoms with Crippen molar-refractivity contribution < 1.29 is 20.4 Å². The molecule has 192 valence electrons. The minimum atomic E-state index is -0.152. The first-order valence-corrected chi connectivity index (χ1v) is 16.5. The van der Waals surface area contributed by atoms with Gasteiger partial charge in [0.15, 0.2) is 0 Å². The molecule has 0 saturated heterocycles. The van der Waals surface area contributed by atoms with Gasteiger partial charge in [-0.25, -0.2) is 0 Å². The standard InChI is InChI=1S/2C17H19P.Pd/c2*1-3-9-15(10-4-1)18(17-13-7-8-14-17)16-11-5-2-6-12-16;/h2*1-6,9-12,17H,7-8,13-14H2;/q;;+2. The molecule has 0 radical (unpaired) electrons. The van der Waals surface area contributed by atoms with E-state index in [0.29, 0.717) is 0 Å². The first-order valence-electron chi connectivity index (χ1n) is 13.7. The first-order chi connectivity index (χ1) is 17.9. The minimum absolute atomic E-state index is 0. The summed E-state index contributed by atoms with van der Waals surface area (Å²) in [5.41, 5.74) is 1.79. The van der Waals surface area contributed by atoms with Gasteiger partial charge in [0.2, 0.25) is 0 Å². The van der Waals surface area contributed by atoms with Gasteiger partial charge >= 0.3 is 20.4 Å². The zero-order valence-corrected chi connectivity index (χ0v) is 24.9. The van der Waals surface area contributed by atoms with Gasteiger partial charge in [-0.1, -0.05) is 147 Å². The van der Waals surface area contributed by atoms with Crippen LogP contribution >= 0.6 is 15.8 Å². The summed E-state index contributed by atoms with van der Waals surface area (Å²) in [6, 6.07) is 44.5. The molecule has 2 fully saturated rings.